The third kappa shape index (κ3) is 5.87. The lowest BCUT2D eigenvalue weighted by Gasteiger charge is -2.00. The van der Waals surface area contributed by atoms with Gasteiger partial charge in [-0.05, 0) is 30.6 Å². The first-order valence-corrected chi connectivity index (χ1v) is 5.57. The highest BCUT2D eigenvalue weighted by atomic mass is 32.1. The first kappa shape index (κ1) is 11.7. The second-order valence-electron chi connectivity index (χ2n) is 2.63. The number of nitrogens with one attached hydrogen (secondary N) is 1. The summed E-state index contributed by atoms with van der Waals surface area (Å²) in [6.07, 6.45) is 1.66. The molecule has 1 N–H and O–H groups in total. The van der Waals surface area contributed by atoms with Crippen LogP contribution < -0.4 is 5.32 Å². The molecule has 0 unspecified atom stereocenters. The largest absolute Gasteiger partial charge is 0.350 e. The molecule has 0 bridgehead atoms. The number of nitrogens with zero attached hydrogens (tertiary/aromatic N) is 2. The van der Waals surface area contributed by atoms with E-state index in [1.54, 1.807) is 6.20 Å². The molecule has 2 rings (SSSR count). The van der Waals surface area contributed by atoms with Crippen molar-refractivity contribution >= 4 is 34.4 Å². The molecule has 0 saturated carbocycles. The van der Waals surface area contributed by atoms with E-state index < -0.39 is 0 Å². The lowest BCUT2D eigenvalue weighted by atomic mass is 10.3. The average Bonchev–Trinajstić information content (AvgIpc) is 2.76. The third-order valence-electron chi connectivity index (χ3n) is 1.38. The first-order valence-electron chi connectivity index (χ1n) is 4.32. The van der Waals surface area contributed by atoms with Crippen LogP contribution in [0, 0.1) is 0 Å². The Labute approximate surface area is 98.3 Å². The fourth-order valence-electron chi connectivity index (χ4n) is 0.861. The van der Waals surface area contributed by atoms with Crippen LogP contribution in [0.25, 0.3) is 0 Å². The fourth-order valence-corrected chi connectivity index (χ4v) is 1.25. The molecule has 0 radical (unpaired) electrons. The summed E-state index contributed by atoms with van der Waals surface area (Å²) in [5.74, 6) is 0. The molecule has 1 aromatic heterocycles. The summed E-state index contributed by atoms with van der Waals surface area (Å²) < 4.78 is 3.51. The number of thiocarbonyl (C=S) groups is 1. The molecule has 0 atom stereocenters. The summed E-state index contributed by atoms with van der Waals surface area (Å²) in [6, 6.07) is 9.89. The van der Waals surface area contributed by atoms with Crippen LogP contribution in [-0.4, -0.2) is 14.6 Å². The molecule has 78 valence electrons. The van der Waals surface area contributed by atoms with Gasteiger partial charge in [-0.2, -0.15) is 0 Å². The van der Waals surface area contributed by atoms with Gasteiger partial charge in [0, 0.05) is 11.1 Å². The topological polar surface area (TPSA) is 37.8 Å². The third-order valence-corrected chi connectivity index (χ3v) is 1.91. The van der Waals surface area contributed by atoms with Gasteiger partial charge in [-0.1, -0.05) is 34.9 Å². The molecule has 0 aliphatic heterocycles. The van der Waals surface area contributed by atoms with E-state index in [9.17, 15) is 0 Å². The number of para-hydroxylation sites is 1. The van der Waals surface area contributed by atoms with E-state index in [-0.39, 0.29) is 0 Å². The van der Waals surface area contributed by atoms with E-state index in [1.807, 2.05) is 42.6 Å². The van der Waals surface area contributed by atoms with Crippen molar-refractivity contribution in [1.29, 1.82) is 0 Å². The molecule has 0 amide bonds. The lowest BCUT2D eigenvalue weighted by molar-refractivity contribution is 1.16. The maximum Gasteiger partial charge on any atom is 0.0765 e. The Kier molecular flexibility index (Phi) is 5.50. The predicted octanol–water partition coefficient (Wildman–Crippen LogP) is 2.98. The maximum absolute atomic E-state index is 4.87. The Morgan fingerprint density at radius 3 is 2.47 bits per heavy atom. The van der Waals surface area contributed by atoms with Gasteiger partial charge >= 0.3 is 0 Å². The summed E-state index contributed by atoms with van der Waals surface area (Å²) in [7, 11) is 0. The lowest BCUT2D eigenvalue weighted by Crippen LogP contribution is -2.02. The van der Waals surface area contributed by atoms with E-state index in [1.165, 1.54) is 11.5 Å². The molecule has 1 heterocycles. The van der Waals surface area contributed by atoms with Crippen LogP contribution in [-0.2, 0) is 0 Å². The molecular weight excluding hydrogens is 226 g/mol. The van der Waals surface area contributed by atoms with E-state index in [2.05, 4.69) is 14.9 Å². The van der Waals surface area contributed by atoms with Crippen molar-refractivity contribution in [2.24, 2.45) is 0 Å². The Bertz CT molecular complexity index is 356. The smallest absolute Gasteiger partial charge is 0.0765 e. The van der Waals surface area contributed by atoms with Crippen molar-refractivity contribution in [3.05, 3.63) is 41.9 Å². The van der Waals surface area contributed by atoms with Crippen molar-refractivity contribution in [1.82, 2.24) is 9.59 Å². The van der Waals surface area contributed by atoms with Crippen molar-refractivity contribution in [2.45, 2.75) is 6.92 Å². The van der Waals surface area contributed by atoms with Crippen LogP contribution in [0.4, 0.5) is 5.69 Å². The highest BCUT2D eigenvalue weighted by molar-refractivity contribution is 7.80. The number of rotatable bonds is 1. The van der Waals surface area contributed by atoms with E-state index in [4.69, 9.17) is 12.2 Å². The number of anilines is 1. The van der Waals surface area contributed by atoms with Gasteiger partial charge in [-0.25, -0.2) is 0 Å². The minimum absolute atomic E-state index is 0.797. The molecule has 2 aromatic rings. The zero-order valence-electron chi connectivity index (χ0n) is 8.25. The van der Waals surface area contributed by atoms with Gasteiger partial charge in [0.05, 0.1) is 11.2 Å². The van der Waals surface area contributed by atoms with Gasteiger partial charge in [0.15, 0.2) is 0 Å². The van der Waals surface area contributed by atoms with E-state index >= 15 is 0 Å². The van der Waals surface area contributed by atoms with Gasteiger partial charge < -0.3 is 5.32 Å². The molecule has 3 nitrogen and oxygen atoms in total. The fraction of sp³-hybridized carbons (Fsp3) is 0.100. The van der Waals surface area contributed by atoms with Crippen LogP contribution in [0.5, 0.6) is 0 Å². The second-order valence-corrected chi connectivity index (χ2v) is 3.89. The quantitative estimate of drug-likeness (QED) is 0.774. The molecule has 1 aromatic carbocycles. The SMILES string of the molecule is CC(=S)Nc1ccccc1.c1csnn1. The van der Waals surface area contributed by atoms with E-state index in [0.717, 1.165) is 10.7 Å². The van der Waals surface area contributed by atoms with Crippen LogP contribution in [0.2, 0.25) is 0 Å². The summed E-state index contributed by atoms with van der Waals surface area (Å²) >= 11 is 6.22. The van der Waals surface area contributed by atoms with Crippen molar-refractivity contribution < 1.29 is 0 Å². The molecule has 0 saturated heterocycles. The standard InChI is InChI=1S/C8H9NS.C2H2N2S/c1-7(10)9-8-5-3-2-4-6-8;1-2-5-4-3-1/h2-6H,1H3,(H,9,10);1-2H. The zero-order chi connectivity index (χ0) is 10.9. The maximum atomic E-state index is 4.87. The van der Waals surface area contributed by atoms with Crippen LogP contribution >= 0.6 is 23.8 Å². The van der Waals surface area contributed by atoms with Crippen LogP contribution in [0.15, 0.2) is 41.9 Å². The normalized spacial score (nSPS) is 8.60. The minimum Gasteiger partial charge on any atom is -0.350 e. The van der Waals surface area contributed by atoms with Gasteiger partial charge in [0.2, 0.25) is 0 Å². The van der Waals surface area contributed by atoms with E-state index in [0.29, 0.717) is 0 Å². The van der Waals surface area contributed by atoms with Gasteiger partial charge in [0.1, 0.15) is 0 Å². The van der Waals surface area contributed by atoms with Crippen molar-refractivity contribution in [2.75, 3.05) is 5.32 Å². The Balaban J connectivity index is 0.000000187. The van der Waals surface area contributed by atoms with Crippen molar-refractivity contribution in [3.63, 3.8) is 0 Å². The number of benzene rings is 1. The highest BCUT2D eigenvalue weighted by Gasteiger charge is 1.86. The molecule has 0 aliphatic rings. The summed E-state index contributed by atoms with van der Waals surface area (Å²) in [5.41, 5.74) is 1.05. The number of hydrogen-bond donors (Lipinski definition) is 1. The Hall–Kier alpha value is -1.33. The molecule has 0 spiro atoms. The van der Waals surface area contributed by atoms with Gasteiger partial charge in [-0.15, -0.1) is 5.10 Å². The Morgan fingerprint density at radius 1 is 1.33 bits per heavy atom. The van der Waals surface area contributed by atoms with Crippen molar-refractivity contribution in [3.8, 4) is 0 Å². The molecule has 5 heteroatoms. The second kappa shape index (κ2) is 7.03. The van der Waals surface area contributed by atoms with Crippen LogP contribution in [0.3, 0.4) is 0 Å². The van der Waals surface area contributed by atoms with Gasteiger partial charge in [-0.3, -0.25) is 0 Å². The number of hydrogen-bond acceptors (Lipinski definition) is 4. The monoisotopic (exact) mass is 237 g/mol. The molecule has 0 aliphatic carbocycles. The minimum atomic E-state index is 0.797. The number of aromatic nitrogens is 2. The average molecular weight is 237 g/mol. The first-order chi connectivity index (χ1) is 7.29. The zero-order valence-corrected chi connectivity index (χ0v) is 9.89. The molecule has 0 fully saturated rings. The Morgan fingerprint density at radius 2 is 2.07 bits per heavy atom. The van der Waals surface area contributed by atoms with Gasteiger partial charge in [0.25, 0.3) is 0 Å². The summed E-state index contributed by atoms with van der Waals surface area (Å²) in [6.45, 7) is 1.86. The molecule has 15 heavy (non-hydrogen) atoms. The summed E-state index contributed by atoms with van der Waals surface area (Å²) in [4.78, 5) is 0.797. The molecular formula is C10H11N3S2. The van der Waals surface area contributed by atoms with Crippen LogP contribution in [0.1, 0.15) is 6.92 Å². The highest BCUT2D eigenvalue weighted by Crippen LogP contribution is 2.04. The predicted molar refractivity (Wildman–Crippen MR) is 68.2 cm³/mol. The summed E-state index contributed by atoms with van der Waals surface area (Å²) in [5, 5.41) is 8.35.